The van der Waals surface area contributed by atoms with Crippen LogP contribution in [0.25, 0.3) is 5.47 Å². The number of aryl methyl sites for hydroxylation is 1. The average molecular weight is 202 g/mol. The first-order valence-corrected chi connectivity index (χ1v) is 5.40. The molecule has 78 valence electrons. The molecule has 1 aliphatic rings. The summed E-state index contributed by atoms with van der Waals surface area (Å²) in [6, 6.07) is 8.33. The number of hydrogen-bond acceptors (Lipinski definition) is 2. The van der Waals surface area contributed by atoms with Gasteiger partial charge in [0, 0.05) is 0 Å². The first-order chi connectivity index (χ1) is 7.31. The molecule has 0 aromatic heterocycles. The Balaban J connectivity index is 2.16. The van der Waals surface area contributed by atoms with Gasteiger partial charge < -0.3 is 9.68 Å². The molecule has 0 amide bonds. The van der Waals surface area contributed by atoms with Crippen LogP contribution in [0.3, 0.4) is 0 Å². The molecule has 1 aromatic rings. The zero-order valence-corrected chi connectivity index (χ0v) is 8.94. The van der Waals surface area contributed by atoms with Crippen molar-refractivity contribution in [2.45, 2.75) is 19.8 Å². The van der Waals surface area contributed by atoms with Gasteiger partial charge in [-0.05, 0) is 23.0 Å². The van der Waals surface area contributed by atoms with E-state index in [0.717, 1.165) is 23.9 Å². The van der Waals surface area contributed by atoms with Crippen LogP contribution in [0.2, 0.25) is 0 Å². The molecule has 1 aromatic carbocycles. The Hall–Kier alpha value is -1.06. The highest BCUT2D eigenvalue weighted by Crippen LogP contribution is 2.21. The Kier molecular flexibility index (Phi) is 3.24. The van der Waals surface area contributed by atoms with E-state index in [9.17, 15) is 5.02 Å². The minimum absolute atomic E-state index is 0.507. The maximum absolute atomic E-state index is 9.52. The highest BCUT2D eigenvalue weighted by molar-refractivity contribution is 6.67. The Labute approximate surface area is 90.7 Å². The summed E-state index contributed by atoms with van der Waals surface area (Å²) in [4.78, 5) is 0. The van der Waals surface area contributed by atoms with Crippen molar-refractivity contribution in [2.24, 2.45) is 0 Å². The summed E-state index contributed by atoms with van der Waals surface area (Å²) in [5, 5.41) is 9.52. The van der Waals surface area contributed by atoms with Crippen LogP contribution < -0.4 is 0 Å². The second-order valence-corrected chi connectivity index (χ2v) is 3.79. The van der Waals surface area contributed by atoms with Gasteiger partial charge in [0.2, 0.25) is 0 Å². The lowest BCUT2D eigenvalue weighted by Gasteiger charge is -2.05. The molecule has 15 heavy (non-hydrogen) atoms. The van der Waals surface area contributed by atoms with Crippen molar-refractivity contribution < 1.29 is 9.68 Å². The number of hydrogen-bond donors (Lipinski definition) is 1. The van der Waals surface area contributed by atoms with Gasteiger partial charge in [-0.25, -0.2) is 0 Å². The van der Waals surface area contributed by atoms with Gasteiger partial charge in [-0.1, -0.05) is 43.7 Å². The van der Waals surface area contributed by atoms with Crippen LogP contribution in [0.1, 0.15) is 24.5 Å². The summed E-state index contributed by atoms with van der Waals surface area (Å²) in [6.07, 6.45) is 4.20. The third-order valence-electron chi connectivity index (χ3n) is 2.65. The molecule has 0 aliphatic carbocycles. The first-order valence-electron chi connectivity index (χ1n) is 5.40. The molecule has 0 radical (unpaired) electrons. The predicted molar refractivity (Wildman–Crippen MR) is 62.3 cm³/mol. The van der Waals surface area contributed by atoms with Gasteiger partial charge in [0.05, 0.1) is 6.61 Å². The molecule has 0 bridgehead atoms. The van der Waals surface area contributed by atoms with Gasteiger partial charge in [0.15, 0.2) is 0 Å². The lowest BCUT2D eigenvalue weighted by atomic mass is 9.76. The number of rotatable bonds is 3. The maximum Gasteiger partial charge on any atom is 0.491 e. The molecule has 0 saturated heterocycles. The third kappa shape index (κ3) is 2.30. The maximum atomic E-state index is 9.52. The third-order valence-corrected chi connectivity index (χ3v) is 2.65. The molecule has 2 rings (SSSR count). The Morgan fingerprint density at radius 2 is 2.07 bits per heavy atom. The van der Waals surface area contributed by atoms with E-state index < -0.39 is 7.12 Å². The highest BCUT2D eigenvalue weighted by atomic mass is 16.5. The Bertz CT molecular complexity index is 356. The molecule has 0 unspecified atom stereocenters. The van der Waals surface area contributed by atoms with Crippen LogP contribution in [0.5, 0.6) is 0 Å². The SMILES string of the molecule is CCCc1ccc(C2=CCOB2O)cc1. The van der Waals surface area contributed by atoms with E-state index in [1.807, 2.05) is 6.08 Å². The van der Waals surface area contributed by atoms with E-state index in [-0.39, 0.29) is 0 Å². The Morgan fingerprint density at radius 3 is 2.60 bits per heavy atom. The molecule has 2 nitrogen and oxygen atoms in total. The molecule has 1 N–H and O–H groups in total. The zero-order valence-electron chi connectivity index (χ0n) is 8.94. The van der Waals surface area contributed by atoms with Gasteiger partial charge >= 0.3 is 7.12 Å². The van der Waals surface area contributed by atoms with Crippen molar-refractivity contribution in [2.75, 3.05) is 6.61 Å². The molecule has 0 spiro atoms. The predicted octanol–water partition coefficient (Wildman–Crippen LogP) is 2.07. The lowest BCUT2D eigenvalue weighted by molar-refractivity contribution is 0.316. The smallest absolute Gasteiger partial charge is 0.423 e. The molecule has 1 aliphatic heterocycles. The van der Waals surface area contributed by atoms with Crippen LogP contribution in [-0.2, 0) is 11.1 Å². The molecule has 1 heterocycles. The fourth-order valence-corrected chi connectivity index (χ4v) is 1.83. The molecule has 3 heteroatoms. The van der Waals surface area contributed by atoms with E-state index in [1.165, 1.54) is 5.56 Å². The summed E-state index contributed by atoms with van der Waals surface area (Å²) in [7, 11) is -0.748. The van der Waals surface area contributed by atoms with Crippen molar-refractivity contribution >= 4 is 12.6 Å². The molecule has 0 atom stereocenters. The van der Waals surface area contributed by atoms with E-state index >= 15 is 0 Å². The largest absolute Gasteiger partial charge is 0.491 e. The van der Waals surface area contributed by atoms with E-state index in [4.69, 9.17) is 4.65 Å². The monoisotopic (exact) mass is 202 g/mol. The van der Waals surface area contributed by atoms with E-state index in [1.54, 1.807) is 0 Å². The van der Waals surface area contributed by atoms with Crippen molar-refractivity contribution in [3.05, 3.63) is 41.5 Å². The van der Waals surface area contributed by atoms with Crippen LogP contribution in [0.4, 0.5) is 0 Å². The lowest BCUT2D eigenvalue weighted by Crippen LogP contribution is -2.14. The van der Waals surface area contributed by atoms with E-state index in [0.29, 0.717) is 6.61 Å². The summed E-state index contributed by atoms with van der Waals surface area (Å²) >= 11 is 0. The molecular weight excluding hydrogens is 187 g/mol. The second kappa shape index (κ2) is 4.64. The fourth-order valence-electron chi connectivity index (χ4n) is 1.83. The quantitative estimate of drug-likeness (QED) is 0.760. The molecule has 0 saturated carbocycles. The minimum Gasteiger partial charge on any atom is -0.423 e. The van der Waals surface area contributed by atoms with Gasteiger partial charge in [-0.2, -0.15) is 0 Å². The van der Waals surface area contributed by atoms with Gasteiger partial charge in [0.1, 0.15) is 0 Å². The van der Waals surface area contributed by atoms with Gasteiger partial charge in [0.25, 0.3) is 0 Å². The first kappa shape index (κ1) is 10.5. The summed E-state index contributed by atoms with van der Waals surface area (Å²) in [5.41, 5.74) is 3.29. The topological polar surface area (TPSA) is 29.5 Å². The van der Waals surface area contributed by atoms with Crippen molar-refractivity contribution in [1.29, 1.82) is 0 Å². The average Bonchev–Trinajstić information content (AvgIpc) is 2.66. The van der Waals surface area contributed by atoms with E-state index in [2.05, 4.69) is 31.2 Å². The fraction of sp³-hybridized carbons (Fsp3) is 0.333. The molecule has 0 fully saturated rings. The van der Waals surface area contributed by atoms with Crippen molar-refractivity contribution in [3.8, 4) is 0 Å². The minimum atomic E-state index is -0.748. The van der Waals surface area contributed by atoms with Crippen molar-refractivity contribution in [1.82, 2.24) is 0 Å². The number of benzene rings is 1. The highest BCUT2D eigenvalue weighted by Gasteiger charge is 2.25. The Morgan fingerprint density at radius 1 is 1.33 bits per heavy atom. The van der Waals surface area contributed by atoms with Gasteiger partial charge in [-0.3, -0.25) is 0 Å². The summed E-state index contributed by atoms with van der Waals surface area (Å²) in [6.45, 7) is 2.68. The second-order valence-electron chi connectivity index (χ2n) is 3.79. The van der Waals surface area contributed by atoms with Crippen LogP contribution >= 0.6 is 0 Å². The molecular formula is C12H15BO2. The summed E-state index contributed by atoms with van der Waals surface area (Å²) < 4.78 is 5.06. The van der Waals surface area contributed by atoms with Gasteiger partial charge in [-0.15, -0.1) is 0 Å². The zero-order chi connectivity index (χ0) is 10.7. The van der Waals surface area contributed by atoms with Crippen LogP contribution in [-0.4, -0.2) is 18.7 Å². The summed E-state index contributed by atoms with van der Waals surface area (Å²) in [5.74, 6) is 0. The normalized spacial score (nSPS) is 15.6. The van der Waals surface area contributed by atoms with Crippen molar-refractivity contribution in [3.63, 3.8) is 0 Å². The van der Waals surface area contributed by atoms with Crippen LogP contribution in [0, 0.1) is 0 Å². The standard InChI is InChI=1S/C12H15BO2/c1-2-3-10-4-6-11(7-5-10)12-8-9-15-13(12)14/h4-8,14H,2-3,9H2,1H3. The van der Waals surface area contributed by atoms with Crippen LogP contribution in [0.15, 0.2) is 30.3 Å².